The molecule has 3 aromatic carbocycles. The van der Waals surface area contributed by atoms with Gasteiger partial charge in [0.25, 0.3) is 0 Å². The molecule has 6 heteroatoms. The highest BCUT2D eigenvalue weighted by Gasteiger charge is 2.30. The highest BCUT2D eigenvalue weighted by Crippen LogP contribution is 2.27. The number of nitrogens with one attached hydrogen (secondary N) is 1. The molecular weight excluding hydrogens is 456 g/mol. The number of aryl methyl sites for hydroxylation is 6. The molecule has 0 aromatic heterocycles. The molecule has 186 valence electrons. The molecular formula is C29H36N2O3S. The minimum atomic E-state index is -3.92. The van der Waals surface area contributed by atoms with E-state index in [9.17, 15) is 13.2 Å². The summed E-state index contributed by atoms with van der Waals surface area (Å²) >= 11 is 0. The lowest BCUT2D eigenvalue weighted by Crippen LogP contribution is -2.41. The summed E-state index contributed by atoms with van der Waals surface area (Å²) in [5, 5.41) is 3.02. The largest absolute Gasteiger partial charge is 0.348 e. The Bertz CT molecular complexity index is 1310. The molecule has 35 heavy (non-hydrogen) atoms. The first-order valence-corrected chi connectivity index (χ1v) is 13.3. The smallest absolute Gasteiger partial charge is 0.244 e. The Morgan fingerprint density at radius 3 is 2.00 bits per heavy atom. The minimum Gasteiger partial charge on any atom is -0.348 e. The summed E-state index contributed by atoms with van der Waals surface area (Å²) in [5.41, 5.74) is 7.68. The number of carbonyl (C=O) groups is 1. The van der Waals surface area contributed by atoms with E-state index in [0.29, 0.717) is 11.1 Å². The maximum atomic E-state index is 13.9. The normalized spacial score (nSPS) is 12.6. The van der Waals surface area contributed by atoms with Crippen molar-refractivity contribution in [3.63, 3.8) is 0 Å². The van der Waals surface area contributed by atoms with Gasteiger partial charge in [-0.05, 0) is 87.4 Å². The second kappa shape index (κ2) is 10.8. The van der Waals surface area contributed by atoms with Gasteiger partial charge >= 0.3 is 0 Å². The molecule has 0 fully saturated rings. The lowest BCUT2D eigenvalue weighted by Gasteiger charge is -2.25. The Hall–Kier alpha value is -2.96. The summed E-state index contributed by atoms with van der Waals surface area (Å²) < 4.78 is 29.0. The number of hydrogen-bond donors (Lipinski definition) is 1. The van der Waals surface area contributed by atoms with Gasteiger partial charge in [0.15, 0.2) is 0 Å². The topological polar surface area (TPSA) is 66.5 Å². The van der Waals surface area contributed by atoms with Crippen LogP contribution in [0.4, 0.5) is 0 Å². The van der Waals surface area contributed by atoms with E-state index in [1.807, 2.05) is 70.2 Å². The first kappa shape index (κ1) is 26.6. The Morgan fingerprint density at radius 2 is 1.40 bits per heavy atom. The molecule has 1 N–H and O–H groups in total. The number of benzene rings is 3. The molecule has 3 aromatic rings. The van der Waals surface area contributed by atoms with Gasteiger partial charge in [0, 0.05) is 6.54 Å². The summed E-state index contributed by atoms with van der Waals surface area (Å²) in [6.45, 7) is 13.5. The number of carbonyl (C=O) groups excluding carboxylic acids is 1. The number of hydrogen-bond acceptors (Lipinski definition) is 3. The monoisotopic (exact) mass is 492 g/mol. The molecule has 0 bridgehead atoms. The first-order valence-electron chi connectivity index (χ1n) is 11.9. The van der Waals surface area contributed by atoms with Crippen molar-refractivity contribution in [3.8, 4) is 0 Å². The third kappa shape index (κ3) is 6.19. The molecule has 3 rings (SSSR count). The van der Waals surface area contributed by atoms with E-state index in [0.717, 1.165) is 27.8 Å². The van der Waals surface area contributed by atoms with Crippen LogP contribution in [0.1, 0.15) is 57.5 Å². The van der Waals surface area contributed by atoms with Gasteiger partial charge in [-0.25, -0.2) is 8.42 Å². The minimum absolute atomic E-state index is 0.112. The van der Waals surface area contributed by atoms with E-state index in [4.69, 9.17) is 0 Å². The van der Waals surface area contributed by atoms with Crippen LogP contribution in [0.25, 0.3) is 0 Å². The summed E-state index contributed by atoms with van der Waals surface area (Å²) in [5.74, 6) is -0.336. The van der Waals surface area contributed by atoms with Crippen LogP contribution in [0, 0.1) is 41.5 Å². The number of amides is 1. The fourth-order valence-corrected chi connectivity index (χ4v) is 6.49. The van der Waals surface area contributed by atoms with Gasteiger partial charge in [-0.2, -0.15) is 4.31 Å². The molecule has 0 heterocycles. The van der Waals surface area contributed by atoms with Gasteiger partial charge < -0.3 is 5.32 Å². The van der Waals surface area contributed by atoms with Crippen molar-refractivity contribution in [1.29, 1.82) is 0 Å². The standard InChI is InChI=1S/C29H36N2O3S/c1-19-13-23(5)29(24(6)14-19)35(33,34)31(17-26-11-9-8-10-12-26)18-28(32)30-25(7)27-16-21(3)20(2)15-22(27)4/h8-16,25H,17-18H2,1-7H3,(H,30,32)/t25-/m1/s1. The van der Waals surface area contributed by atoms with Gasteiger partial charge in [0.2, 0.25) is 15.9 Å². The molecule has 0 saturated carbocycles. The van der Waals surface area contributed by atoms with E-state index in [1.54, 1.807) is 13.8 Å². The van der Waals surface area contributed by atoms with Crippen LogP contribution in [0.5, 0.6) is 0 Å². The van der Waals surface area contributed by atoms with Crippen molar-refractivity contribution >= 4 is 15.9 Å². The predicted octanol–water partition coefficient (Wildman–Crippen LogP) is 5.61. The molecule has 0 aliphatic rings. The summed E-state index contributed by atoms with van der Waals surface area (Å²) in [7, 11) is -3.92. The van der Waals surface area contributed by atoms with Crippen molar-refractivity contribution in [3.05, 3.63) is 99.1 Å². The maximum absolute atomic E-state index is 13.9. The Kier molecular flexibility index (Phi) is 8.18. The second-order valence-corrected chi connectivity index (χ2v) is 11.4. The Balaban J connectivity index is 1.92. The van der Waals surface area contributed by atoms with Gasteiger partial charge in [0.1, 0.15) is 0 Å². The molecule has 1 amide bonds. The van der Waals surface area contributed by atoms with Gasteiger partial charge in [-0.15, -0.1) is 0 Å². The summed E-state index contributed by atoms with van der Waals surface area (Å²) in [6.07, 6.45) is 0. The van der Waals surface area contributed by atoms with Crippen molar-refractivity contribution in [2.45, 2.75) is 65.9 Å². The molecule has 5 nitrogen and oxygen atoms in total. The zero-order valence-electron chi connectivity index (χ0n) is 21.8. The Labute approximate surface area is 210 Å². The van der Waals surface area contributed by atoms with E-state index in [2.05, 4.69) is 24.4 Å². The van der Waals surface area contributed by atoms with E-state index >= 15 is 0 Å². The number of rotatable bonds is 8. The molecule has 0 aliphatic heterocycles. The summed E-state index contributed by atoms with van der Waals surface area (Å²) in [6, 6.07) is 17.1. The lowest BCUT2D eigenvalue weighted by molar-refractivity contribution is -0.122. The fraction of sp³-hybridized carbons (Fsp3) is 0.345. The van der Waals surface area contributed by atoms with Crippen LogP contribution in [0.3, 0.4) is 0 Å². The molecule has 0 spiro atoms. The lowest BCUT2D eigenvalue weighted by atomic mass is 9.96. The van der Waals surface area contributed by atoms with Crippen molar-refractivity contribution in [2.24, 2.45) is 0 Å². The van der Waals surface area contributed by atoms with Crippen LogP contribution in [0.2, 0.25) is 0 Å². The zero-order valence-corrected chi connectivity index (χ0v) is 22.6. The van der Waals surface area contributed by atoms with Crippen LogP contribution < -0.4 is 5.32 Å². The second-order valence-electron chi connectivity index (χ2n) is 9.57. The van der Waals surface area contributed by atoms with E-state index in [-0.39, 0.29) is 29.9 Å². The summed E-state index contributed by atoms with van der Waals surface area (Å²) in [4.78, 5) is 13.4. The number of sulfonamides is 1. The third-order valence-corrected chi connectivity index (χ3v) is 8.55. The predicted molar refractivity (Wildman–Crippen MR) is 142 cm³/mol. The van der Waals surface area contributed by atoms with Crippen LogP contribution >= 0.6 is 0 Å². The highest BCUT2D eigenvalue weighted by molar-refractivity contribution is 7.89. The van der Waals surface area contributed by atoms with Crippen molar-refractivity contribution in [1.82, 2.24) is 9.62 Å². The van der Waals surface area contributed by atoms with Gasteiger partial charge in [0.05, 0.1) is 17.5 Å². The first-order chi connectivity index (χ1) is 16.4. The molecule has 0 saturated heterocycles. The average Bonchev–Trinajstić information content (AvgIpc) is 2.75. The van der Waals surface area contributed by atoms with E-state index in [1.165, 1.54) is 9.87 Å². The van der Waals surface area contributed by atoms with Crippen molar-refractivity contribution < 1.29 is 13.2 Å². The van der Waals surface area contributed by atoms with Crippen LogP contribution in [-0.2, 0) is 21.4 Å². The van der Waals surface area contributed by atoms with Crippen molar-refractivity contribution in [2.75, 3.05) is 6.54 Å². The SMILES string of the molecule is Cc1cc(C)c(S(=O)(=O)N(CC(=O)N[C@H](C)c2cc(C)c(C)cc2C)Cc2ccccc2)c(C)c1. The third-order valence-electron chi connectivity index (χ3n) is 6.45. The average molecular weight is 493 g/mol. The molecule has 0 aliphatic carbocycles. The van der Waals surface area contributed by atoms with Crippen LogP contribution in [0.15, 0.2) is 59.5 Å². The molecule has 0 unspecified atom stereocenters. The van der Waals surface area contributed by atoms with Gasteiger partial charge in [-0.3, -0.25) is 4.79 Å². The molecule has 1 atom stereocenters. The number of nitrogens with zero attached hydrogens (tertiary/aromatic N) is 1. The highest BCUT2D eigenvalue weighted by atomic mass is 32.2. The zero-order chi connectivity index (χ0) is 25.9. The fourth-order valence-electron chi connectivity index (χ4n) is 4.69. The quantitative estimate of drug-likeness (QED) is 0.445. The van der Waals surface area contributed by atoms with E-state index < -0.39 is 10.0 Å². The molecule has 0 radical (unpaired) electrons. The van der Waals surface area contributed by atoms with Gasteiger partial charge in [-0.1, -0.05) is 60.2 Å². The maximum Gasteiger partial charge on any atom is 0.244 e. The Morgan fingerprint density at radius 1 is 0.829 bits per heavy atom. The van der Waals surface area contributed by atoms with Crippen LogP contribution in [-0.4, -0.2) is 25.2 Å².